The third kappa shape index (κ3) is 3.88. The number of hydrogen-bond donors (Lipinski definition) is 1. The highest BCUT2D eigenvalue weighted by molar-refractivity contribution is 7.10. The normalized spacial score (nSPS) is 11.2. The van der Waals surface area contributed by atoms with E-state index in [9.17, 15) is 9.59 Å². The van der Waals surface area contributed by atoms with E-state index in [4.69, 9.17) is 0 Å². The van der Waals surface area contributed by atoms with Gasteiger partial charge in [-0.1, -0.05) is 42.5 Å². The Morgan fingerprint density at radius 1 is 1.07 bits per heavy atom. The molecule has 0 bridgehead atoms. The molecule has 0 unspecified atom stereocenters. The van der Waals surface area contributed by atoms with Gasteiger partial charge in [0, 0.05) is 22.2 Å². The number of nitrogens with one attached hydrogen (secondary N) is 1. The Morgan fingerprint density at radius 2 is 1.86 bits per heavy atom. The molecule has 3 heterocycles. The molecule has 144 valence electrons. The van der Waals surface area contributed by atoms with Gasteiger partial charge in [0.05, 0.1) is 23.8 Å². The number of nitrogens with zero attached hydrogens (tertiary/aromatic N) is 2. The van der Waals surface area contributed by atoms with Crippen molar-refractivity contribution in [3.63, 3.8) is 0 Å². The minimum atomic E-state index is -0.176. The molecular formula is C23H19N3O2S. The average molecular weight is 401 g/mol. The summed E-state index contributed by atoms with van der Waals surface area (Å²) in [4.78, 5) is 26.2. The van der Waals surface area contributed by atoms with Crippen molar-refractivity contribution >= 4 is 34.8 Å². The number of pyridine rings is 1. The highest BCUT2D eigenvalue weighted by Gasteiger charge is 2.20. The van der Waals surface area contributed by atoms with Crippen LogP contribution in [0.1, 0.15) is 32.1 Å². The van der Waals surface area contributed by atoms with Crippen LogP contribution in [0.25, 0.3) is 5.52 Å². The molecule has 0 saturated carbocycles. The number of fused-ring (bicyclic) bond motifs is 1. The van der Waals surface area contributed by atoms with Crippen LogP contribution in [0.3, 0.4) is 0 Å². The van der Waals surface area contributed by atoms with Gasteiger partial charge in [0.25, 0.3) is 0 Å². The van der Waals surface area contributed by atoms with Crippen molar-refractivity contribution in [1.29, 1.82) is 0 Å². The maximum absolute atomic E-state index is 13.1. The van der Waals surface area contributed by atoms with Crippen molar-refractivity contribution in [2.75, 3.05) is 0 Å². The van der Waals surface area contributed by atoms with Crippen molar-refractivity contribution in [3.05, 3.63) is 99.5 Å². The molecule has 1 N–H and O–H groups in total. The van der Waals surface area contributed by atoms with Gasteiger partial charge in [-0.25, -0.2) is 5.43 Å². The molecule has 0 atom stereocenters. The van der Waals surface area contributed by atoms with Crippen LogP contribution in [-0.4, -0.2) is 22.3 Å². The third-order valence-electron chi connectivity index (χ3n) is 4.68. The number of benzene rings is 1. The van der Waals surface area contributed by atoms with Gasteiger partial charge in [0.2, 0.25) is 11.7 Å². The summed E-state index contributed by atoms with van der Waals surface area (Å²) >= 11 is 1.54. The lowest BCUT2D eigenvalue weighted by Crippen LogP contribution is -2.19. The maximum Gasteiger partial charge on any atom is 0.245 e. The second kappa shape index (κ2) is 8.24. The van der Waals surface area contributed by atoms with E-state index < -0.39 is 0 Å². The summed E-state index contributed by atoms with van der Waals surface area (Å²) < 4.78 is 1.87. The van der Waals surface area contributed by atoms with Gasteiger partial charge >= 0.3 is 0 Å². The lowest BCUT2D eigenvalue weighted by Gasteiger charge is -2.03. The number of carbonyl (C=O) groups is 2. The lowest BCUT2D eigenvalue weighted by atomic mass is 10.0. The van der Waals surface area contributed by atoms with Crippen molar-refractivity contribution in [2.45, 2.75) is 13.3 Å². The van der Waals surface area contributed by atoms with E-state index in [0.29, 0.717) is 17.7 Å². The lowest BCUT2D eigenvalue weighted by molar-refractivity contribution is -0.120. The molecule has 0 saturated heterocycles. The molecule has 0 aliphatic heterocycles. The minimum Gasteiger partial charge on any atom is -0.313 e. The van der Waals surface area contributed by atoms with Gasteiger partial charge < -0.3 is 4.40 Å². The van der Waals surface area contributed by atoms with E-state index in [-0.39, 0.29) is 11.7 Å². The molecule has 4 aromatic rings. The molecule has 0 fully saturated rings. The fourth-order valence-corrected chi connectivity index (χ4v) is 4.01. The number of amides is 1. The molecule has 1 amide bonds. The van der Waals surface area contributed by atoms with E-state index >= 15 is 0 Å². The first-order valence-corrected chi connectivity index (χ1v) is 10.1. The average Bonchev–Trinajstić information content (AvgIpc) is 3.34. The number of thiophene rings is 1. The van der Waals surface area contributed by atoms with Crippen LogP contribution in [-0.2, 0) is 11.2 Å². The van der Waals surface area contributed by atoms with Crippen molar-refractivity contribution < 1.29 is 9.59 Å². The number of carbonyl (C=O) groups excluding carboxylic acids is 2. The predicted molar refractivity (Wildman–Crippen MR) is 116 cm³/mol. The van der Waals surface area contributed by atoms with Crippen LogP contribution in [0.5, 0.6) is 0 Å². The molecule has 0 radical (unpaired) electrons. The second-order valence-electron chi connectivity index (χ2n) is 6.59. The van der Waals surface area contributed by atoms with Gasteiger partial charge in [-0.15, -0.1) is 11.3 Å². The van der Waals surface area contributed by atoms with E-state index in [1.807, 2.05) is 83.6 Å². The van der Waals surface area contributed by atoms with E-state index in [0.717, 1.165) is 21.5 Å². The Labute approximate surface area is 172 Å². The van der Waals surface area contributed by atoms with Crippen molar-refractivity contribution in [1.82, 2.24) is 9.83 Å². The standard InChI is InChI=1S/C23H19N3O2S/c1-16-19(15-24-25-21(27)14-18-10-7-13-29-18)20-11-5-6-12-26(20)22(16)23(28)17-8-3-2-4-9-17/h2-13,15H,14H2,1H3,(H,25,27)/b24-15-. The molecule has 0 spiro atoms. The van der Waals surface area contributed by atoms with Gasteiger partial charge in [-0.05, 0) is 36.1 Å². The Kier molecular flexibility index (Phi) is 5.35. The summed E-state index contributed by atoms with van der Waals surface area (Å²) in [6.45, 7) is 1.90. The summed E-state index contributed by atoms with van der Waals surface area (Å²) in [6.07, 6.45) is 3.77. The monoisotopic (exact) mass is 401 g/mol. The molecular weight excluding hydrogens is 382 g/mol. The van der Waals surface area contributed by atoms with E-state index in [1.165, 1.54) is 11.3 Å². The molecule has 6 heteroatoms. The van der Waals surface area contributed by atoms with Crippen molar-refractivity contribution in [2.24, 2.45) is 5.10 Å². The largest absolute Gasteiger partial charge is 0.313 e. The van der Waals surface area contributed by atoms with Crippen LogP contribution >= 0.6 is 11.3 Å². The maximum atomic E-state index is 13.1. The molecule has 1 aromatic carbocycles. The topological polar surface area (TPSA) is 62.9 Å². The molecule has 0 aliphatic carbocycles. The Hall–Kier alpha value is -3.51. The van der Waals surface area contributed by atoms with Gasteiger partial charge in [-0.3, -0.25) is 9.59 Å². The summed E-state index contributed by atoms with van der Waals surface area (Å²) in [5.41, 5.74) is 6.29. The number of aromatic nitrogens is 1. The van der Waals surface area contributed by atoms with Crippen LogP contribution in [0, 0.1) is 6.92 Å². The van der Waals surface area contributed by atoms with Crippen LogP contribution in [0.15, 0.2) is 77.3 Å². The van der Waals surface area contributed by atoms with E-state index in [1.54, 1.807) is 6.21 Å². The fraction of sp³-hybridized carbons (Fsp3) is 0.0870. The number of hydrazone groups is 1. The second-order valence-corrected chi connectivity index (χ2v) is 7.62. The zero-order chi connectivity index (χ0) is 20.2. The highest BCUT2D eigenvalue weighted by Crippen LogP contribution is 2.24. The summed E-state index contributed by atoms with van der Waals surface area (Å²) in [6, 6.07) is 18.8. The predicted octanol–water partition coefficient (Wildman–Crippen LogP) is 4.23. The zero-order valence-electron chi connectivity index (χ0n) is 15.8. The number of ketones is 1. The molecule has 5 nitrogen and oxygen atoms in total. The van der Waals surface area contributed by atoms with Crippen LogP contribution in [0.2, 0.25) is 0 Å². The van der Waals surface area contributed by atoms with Gasteiger partial charge in [-0.2, -0.15) is 5.10 Å². The van der Waals surface area contributed by atoms with Crippen LogP contribution in [0.4, 0.5) is 0 Å². The Bertz CT molecular complexity index is 1190. The Morgan fingerprint density at radius 3 is 2.62 bits per heavy atom. The summed E-state index contributed by atoms with van der Waals surface area (Å²) in [5, 5.41) is 6.07. The van der Waals surface area contributed by atoms with Gasteiger partial charge in [0.1, 0.15) is 0 Å². The van der Waals surface area contributed by atoms with Crippen LogP contribution < -0.4 is 5.43 Å². The molecule has 0 aliphatic rings. The first-order valence-electron chi connectivity index (χ1n) is 9.19. The quantitative estimate of drug-likeness (QED) is 0.298. The van der Waals surface area contributed by atoms with Crippen molar-refractivity contribution in [3.8, 4) is 0 Å². The summed E-state index contributed by atoms with van der Waals surface area (Å²) in [7, 11) is 0. The number of rotatable bonds is 6. The number of hydrogen-bond acceptors (Lipinski definition) is 4. The van der Waals surface area contributed by atoms with Gasteiger partial charge in [0.15, 0.2) is 0 Å². The first kappa shape index (κ1) is 18.8. The molecule has 3 aromatic heterocycles. The summed E-state index contributed by atoms with van der Waals surface area (Å²) in [5.74, 6) is -0.226. The zero-order valence-corrected chi connectivity index (χ0v) is 16.6. The first-order chi connectivity index (χ1) is 14.1. The SMILES string of the molecule is Cc1c(/C=N\NC(=O)Cc2cccs2)c2ccccn2c1C(=O)c1ccccc1. The fourth-order valence-electron chi connectivity index (χ4n) is 3.31. The molecule has 29 heavy (non-hydrogen) atoms. The molecule has 4 rings (SSSR count). The highest BCUT2D eigenvalue weighted by atomic mass is 32.1. The Balaban J connectivity index is 1.64. The smallest absolute Gasteiger partial charge is 0.245 e. The third-order valence-corrected chi connectivity index (χ3v) is 5.56. The minimum absolute atomic E-state index is 0.0503. The van der Waals surface area contributed by atoms with E-state index in [2.05, 4.69) is 10.5 Å².